The molecule has 6 heteroatoms. The van der Waals surface area contributed by atoms with Crippen molar-refractivity contribution in [3.63, 3.8) is 0 Å². The van der Waals surface area contributed by atoms with E-state index in [0.717, 1.165) is 12.0 Å². The minimum atomic E-state index is -1.05. The fourth-order valence-electron chi connectivity index (χ4n) is 3.60. The Kier molecular flexibility index (Phi) is 4.39. The maximum absolute atomic E-state index is 12.1. The Bertz CT molecular complexity index is 1250. The van der Waals surface area contributed by atoms with Crippen LogP contribution in [0.4, 0.5) is 0 Å². The van der Waals surface area contributed by atoms with Gasteiger partial charge in [-0.15, -0.1) is 0 Å². The topological polar surface area (TPSA) is 101 Å². The van der Waals surface area contributed by atoms with Crippen LogP contribution >= 0.6 is 0 Å². The molecule has 0 saturated heterocycles. The van der Waals surface area contributed by atoms with Gasteiger partial charge in [0, 0.05) is 22.6 Å². The van der Waals surface area contributed by atoms with E-state index in [-0.39, 0.29) is 23.3 Å². The van der Waals surface area contributed by atoms with E-state index in [1.54, 1.807) is 12.1 Å². The SMILES string of the molecule is CCCc1cc(=O)oc2c1cc(O)c1oc(-c3ccccc3)c(CC(=O)O)c12. The number of carbonyl (C=O) groups is 1. The molecule has 2 heterocycles. The number of fused-ring (bicyclic) bond motifs is 3. The third-order valence-electron chi connectivity index (χ3n) is 4.72. The van der Waals surface area contributed by atoms with E-state index in [9.17, 15) is 19.8 Å². The summed E-state index contributed by atoms with van der Waals surface area (Å²) in [4.78, 5) is 23.7. The molecule has 2 aromatic carbocycles. The summed E-state index contributed by atoms with van der Waals surface area (Å²) in [6.07, 6.45) is 1.10. The van der Waals surface area contributed by atoms with Gasteiger partial charge < -0.3 is 19.0 Å². The zero-order valence-corrected chi connectivity index (χ0v) is 15.2. The zero-order chi connectivity index (χ0) is 19.8. The number of phenols is 1. The van der Waals surface area contributed by atoms with Crippen LogP contribution in [0.3, 0.4) is 0 Å². The molecule has 0 bridgehead atoms. The van der Waals surface area contributed by atoms with Crippen molar-refractivity contribution in [2.24, 2.45) is 0 Å². The number of aromatic hydroxyl groups is 1. The van der Waals surface area contributed by atoms with Crippen LogP contribution in [-0.2, 0) is 17.6 Å². The van der Waals surface area contributed by atoms with Gasteiger partial charge in [-0.05, 0) is 18.1 Å². The third kappa shape index (κ3) is 2.93. The van der Waals surface area contributed by atoms with Gasteiger partial charge in [-0.1, -0.05) is 43.7 Å². The summed E-state index contributed by atoms with van der Waals surface area (Å²) in [6.45, 7) is 1.99. The van der Waals surface area contributed by atoms with Crippen molar-refractivity contribution >= 4 is 27.9 Å². The molecule has 0 unspecified atom stereocenters. The van der Waals surface area contributed by atoms with Crippen LogP contribution in [0.1, 0.15) is 24.5 Å². The van der Waals surface area contributed by atoms with Gasteiger partial charge in [0.25, 0.3) is 0 Å². The van der Waals surface area contributed by atoms with Crippen molar-refractivity contribution < 1.29 is 23.8 Å². The number of furan rings is 1. The van der Waals surface area contributed by atoms with E-state index >= 15 is 0 Å². The lowest BCUT2D eigenvalue weighted by atomic mass is 9.98. The molecule has 2 aromatic heterocycles. The molecule has 0 amide bonds. The smallest absolute Gasteiger partial charge is 0.336 e. The molecule has 0 aliphatic rings. The average Bonchev–Trinajstić information content (AvgIpc) is 3.03. The van der Waals surface area contributed by atoms with Gasteiger partial charge in [0.05, 0.1) is 11.8 Å². The van der Waals surface area contributed by atoms with Gasteiger partial charge >= 0.3 is 11.6 Å². The summed E-state index contributed by atoms with van der Waals surface area (Å²) in [7, 11) is 0. The zero-order valence-electron chi connectivity index (χ0n) is 15.2. The van der Waals surface area contributed by atoms with E-state index < -0.39 is 11.6 Å². The summed E-state index contributed by atoms with van der Waals surface area (Å²) in [6, 6.07) is 12.0. The van der Waals surface area contributed by atoms with Gasteiger partial charge in [0.2, 0.25) is 0 Å². The van der Waals surface area contributed by atoms with E-state index in [2.05, 4.69) is 0 Å². The molecule has 0 atom stereocenters. The Morgan fingerprint density at radius 3 is 2.50 bits per heavy atom. The third-order valence-corrected chi connectivity index (χ3v) is 4.72. The van der Waals surface area contributed by atoms with Crippen LogP contribution in [0, 0.1) is 0 Å². The van der Waals surface area contributed by atoms with Gasteiger partial charge in [-0.3, -0.25) is 4.79 Å². The number of aryl methyl sites for hydroxylation is 1. The fraction of sp³-hybridized carbons (Fsp3) is 0.182. The summed E-state index contributed by atoms with van der Waals surface area (Å²) in [5, 5.41) is 21.0. The highest BCUT2D eigenvalue weighted by atomic mass is 16.4. The van der Waals surface area contributed by atoms with Crippen molar-refractivity contribution in [2.45, 2.75) is 26.2 Å². The van der Waals surface area contributed by atoms with Gasteiger partial charge in [0.15, 0.2) is 11.3 Å². The Labute approximate surface area is 159 Å². The number of phenolic OH excluding ortho intramolecular Hbond substituents is 1. The summed E-state index contributed by atoms with van der Waals surface area (Å²) in [5.41, 5.74) is 1.62. The number of carboxylic acid groups (broad SMARTS) is 1. The van der Waals surface area contributed by atoms with Crippen LogP contribution in [0.15, 0.2) is 56.1 Å². The highest BCUT2D eigenvalue weighted by Gasteiger charge is 2.25. The molecule has 0 radical (unpaired) electrons. The number of benzene rings is 2. The Balaban J connectivity index is 2.17. The molecule has 0 spiro atoms. The predicted molar refractivity (Wildman–Crippen MR) is 105 cm³/mol. The minimum absolute atomic E-state index is 0.111. The van der Waals surface area contributed by atoms with Crippen molar-refractivity contribution in [1.82, 2.24) is 0 Å². The summed E-state index contributed by atoms with van der Waals surface area (Å²) < 4.78 is 11.4. The van der Waals surface area contributed by atoms with Crippen molar-refractivity contribution in [2.75, 3.05) is 0 Å². The standard InChI is InChI=1S/C22H18O6/c1-2-6-13-9-18(26)27-21-14(13)10-16(23)22-19(21)15(11-17(24)25)20(28-22)12-7-4-3-5-8-12/h3-5,7-10,23H,2,6,11H2,1H3,(H,24,25). The van der Waals surface area contributed by atoms with Crippen LogP contribution in [0.25, 0.3) is 33.3 Å². The largest absolute Gasteiger partial charge is 0.504 e. The Morgan fingerprint density at radius 2 is 1.82 bits per heavy atom. The molecule has 4 rings (SSSR count). The first kappa shape index (κ1) is 17.9. The molecule has 28 heavy (non-hydrogen) atoms. The molecule has 0 aliphatic carbocycles. The maximum Gasteiger partial charge on any atom is 0.336 e. The first-order valence-corrected chi connectivity index (χ1v) is 9.01. The molecule has 6 nitrogen and oxygen atoms in total. The summed E-state index contributed by atoms with van der Waals surface area (Å²) in [5.74, 6) is -0.838. The lowest BCUT2D eigenvalue weighted by Gasteiger charge is -2.07. The average molecular weight is 378 g/mol. The molecule has 0 saturated carbocycles. The van der Waals surface area contributed by atoms with Crippen LogP contribution in [-0.4, -0.2) is 16.2 Å². The van der Waals surface area contributed by atoms with E-state index in [1.807, 2.05) is 25.1 Å². The molecule has 0 fully saturated rings. The fourth-order valence-corrected chi connectivity index (χ4v) is 3.60. The molecule has 0 aliphatic heterocycles. The lowest BCUT2D eigenvalue weighted by Crippen LogP contribution is -2.03. The van der Waals surface area contributed by atoms with E-state index in [4.69, 9.17) is 8.83 Å². The highest BCUT2D eigenvalue weighted by Crippen LogP contribution is 2.42. The number of rotatable bonds is 5. The Hall–Kier alpha value is -3.54. The summed E-state index contributed by atoms with van der Waals surface area (Å²) >= 11 is 0. The maximum atomic E-state index is 12.1. The molecule has 4 aromatic rings. The highest BCUT2D eigenvalue weighted by molar-refractivity contribution is 6.10. The Morgan fingerprint density at radius 1 is 1.07 bits per heavy atom. The normalized spacial score (nSPS) is 11.3. The first-order valence-electron chi connectivity index (χ1n) is 9.01. The monoisotopic (exact) mass is 378 g/mol. The molecule has 142 valence electrons. The second-order valence-electron chi connectivity index (χ2n) is 6.66. The second kappa shape index (κ2) is 6.88. The van der Waals surface area contributed by atoms with Gasteiger partial charge in [-0.2, -0.15) is 0 Å². The first-order chi connectivity index (χ1) is 13.5. The van der Waals surface area contributed by atoms with E-state index in [1.165, 1.54) is 12.1 Å². The lowest BCUT2D eigenvalue weighted by molar-refractivity contribution is -0.136. The van der Waals surface area contributed by atoms with Crippen LogP contribution in [0.5, 0.6) is 5.75 Å². The van der Waals surface area contributed by atoms with E-state index in [0.29, 0.717) is 34.1 Å². The van der Waals surface area contributed by atoms with Crippen LogP contribution in [0.2, 0.25) is 0 Å². The quantitative estimate of drug-likeness (QED) is 0.496. The number of hydrogen-bond acceptors (Lipinski definition) is 5. The van der Waals surface area contributed by atoms with Crippen molar-refractivity contribution in [3.8, 4) is 17.1 Å². The predicted octanol–water partition coefficient (Wildman–Crippen LogP) is 4.49. The minimum Gasteiger partial charge on any atom is -0.504 e. The van der Waals surface area contributed by atoms with Crippen molar-refractivity contribution in [1.29, 1.82) is 0 Å². The second-order valence-corrected chi connectivity index (χ2v) is 6.66. The number of hydrogen-bond donors (Lipinski definition) is 2. The molecular weight excluding hydrogens is 360 g/mol. The van der Waals surface area contributed by atoms with Crippen molar-refractivity contribution in [3.05, 3.63) is 64.0 Å². The number of aliphatic carboxylic acids is 1. The number of carboxylic acids is 1. The molecule has 2 N–H and O–H groups in total. The molecular formula is C22H18O6. The van der Waals surface area contributed by atoms with Crippen LogP contribution < -0.4 is 5.63 Å². The van der Waals surface area contributed by atoms with Gasteiger partial charge in [0.1, 0.15) is 11.3 Å². The van der Waals surface area contributed by atoms with Gasteiger partial charge in [-0.25, -0.2) is 4.79 Å².